The van der Waals surface area contributed by atoms with Crippen molar-refractivity contribution in [3.05, 3.63) is 0 Å². The highest BCUT2D eigenvalue weighted by Gasteiger charge is 2.20. The molecule has 1 rings (SSSR count). The summed E-state index contributed by atoms with van der Waals surface area (Å²) in [5.41, 5.74) is 0. The number of rotatable bonds is 4. The molecule has 0 aromatic heterocycles. The van der Waals surface area contributed by atoms with Gasteiger partial charge in [0, 0.05) is 19.3 Å². The number of hydrogen-bond donors (Lipinski definition) is 1. The summed E-state index contributed by atoms with van der Waals surface area (Å²) in [4.78, 5) is 0. The summed E-state index contributed by atoms with van der Waals surface area (Å²) >= 11 is 0. The van der Waals surface area contributed by atoms with Gasteiger partial charge in [-0.15, -0.1) is 0 Å². The maximum atomic E-state index is 11.9. The average molecular weight is 193 g/mol. The van der Waals surface area contributed by atoms with E-state index in [9.17, 15) is 8.78 Å². The van der Waals surface area contributed by atoms with E-state index >= 15 is 0 Å². The summed E-state index contributed by atoms with van der Waals surface area (Å²) in [6, 6.07) is 0.179. The molecule has 2 nitrogen and oxygen atoms in total. The highest BCUT2D eigenvalue weighted by atomic mass is 19.3. The molecule has 0 amide bonds. The Kier molecular flexibility index (Phi) is 4.59. The molecule has 13 heavy (non-hydrogen) atoms. The SMILES string of the molecule is CC(NCC(F)F)C1CCOCC1. The van der Waals surface area contributed by atoms with Crippen LogP contribution in [-0.4, -0.2) is 32.2 Å². The third-order valence-electron chi connectivity index (χ3n) is 2.57. The second-order valence-corrected chi connectivity index (χ2v) is 3.54. The molecule has 1 unspecified atom stereocenters. The number of nitrogens with one attached hydrogen (secondary N) is 1. The first-order valence-electron chi connectivity index (χ1n) is 4.79. The van der Waals surface area contributed by atoms with Crippen LogP contribution in [0.4, 0.5) is 8.78 Å². The summed E-state index contributed by atoms with van der Waals surface area (Å²) in [7, 11) is 0. The van der Waals surface area contributed by atoms with Crippen LogP contribution in [0.2, 0.25) is 0 Å². The average Bonchev–Trinajstić information content (AvgIpc) is 2.15. The van der Waals surface area contributed by atoms with Gasteiger partial charge in [-0.2, -0.15) is 0 Å². The predicted molar refractivity (Wildman–Crippen MR) is 47.0 cm³/mol. The van der Waals surface area contributed by atoms with Gasteiger partial charge < -0.3 is 10.1 Å². The van der Waals surface area contributed by atoms with E-state index in [1.807, 2.05) is 6.92 Å². The van der Waals surface area contributed by atoms with Crippen molar-refractivity contribution in [2.24, 2.45) is 5.92 Å². The van der Waals surface area contributed by atoms with Crippen LogP contribution in [0.3, 0.4) is 0 Å². The van der Waals surface area contributed by atoms with E-state index in [-0.39, 0.29) is 12.6 Å². The molecule has 1 aliphatic heterocycles. The van der Waals surface area contributed by atoms with Crippen molar-refractivity contribution < 1.29 is 13.5 Å². The fourth-order valence-corrected chi connectivity index (χ4v) is 1.66. The number of hydrogen-bond acceptors (Lipinski definition) is 2. The van der Waals surface area contributed by atoms with Gasteiger partial charge in [-0.25, -0.2) is 8.78 Å². The van der Waals surface area contributed by atoms with Gasteiger partial charge in [0.05, 0.1) is 6.54 Å². The topological polar surface area (TPSA) is 21.3 Å². The van der Waals surface area contributed by atoms with Crippen molar-refractivity contribution in [3.63, 3.8) is 0 Å². The summed E-state index contributed by atoms with van der Waals surface area (Å²) in [6.45, 7) is 3.31. The summed E-state index contributed by atoms with van der Waals surface area (Å²) < 4.78 is 28.9. The van der Waals surface area contributed by atoms with Gasteiger partial charge in [-0.05, 0) is 25.7 Å². The lowest BCUT2D eigenvalue weighted by Gasteiger charge is -2.28. The van der Waals surface area contributed by atoms with Gasteiger partial charge in [-0.1, -0.05) is 0 Å². The van der Waals surface area contributed by atoms with E-state index in [0.29, 0.717) is 5.92 Å². The van der Waals surface area contributed by atoms with Gasteiger partial charge >= 0.3 is 0 Å². The molecular formula is C9H17F2NO. The minimum Gasteiger partial charge on any atom is -0.381 e. The Morgan fingerprint density at radius 3 is 2.54 bits per heavy atom. The molecule has 0 aliphatic carbocycles. The number of halogens is 2. The van der Waals surface area contributed by atoms with Crippen molar-refractivity contribution >= 4 is 0 Å². The van der Waals surface area contributed by atoms with Crippen molar-refractivity contribution in [1.29, 1.82) is 0 Å². The molecule has 0 aromatic rings. The lowest BCUT2D eigenvalue weighted by atomic mass is 9.93. The first-order chi connectivity index (χ1) is 6.20. The van der Waals surface area contributed by atoms with Gasteiger partial charge in [0.1, 0.15) is 0 Å². The maximum absolute atomic E-state index is 11.9. The molecule has 0 spiro atoms. The van der Waals surface area contributed by atoms with E-state index in [4.69, 9.17) is 4.74 Å². The zero-order chi connectivity index (χ0) is 9.68. The molecule has 1 N–H and O–H groups in total. The molecule has 1 aliphatic rings. The van der Waals surface area contributed by atoms with E-state index < -0.39 is 6.43 Å². The smallest absolute Gasteiger partial charge is 0.250 e. The lowest BCUT2D eigenvalue weighted by molar-refractivity contribution is 0.0525. The molecule has 4 heteroatoms. The van der Waals surface area contributed by atoms with E-state index in [0.717, 1.165) is 26.1 Å². The van der Waals surface area contributed by atoms with Crippen molar-refractivity contribution in [2.45, 2.75) is 32.2 Å². The largest absolute Gasteiger partial charge is 0.381 e. The Morgan fingerprint density at radius 1 is 1.38 bits per heavy atom. The number of ether oxygens (including phenoxy) is 1. The van der Waals surface area contributed by atoms with Crippen LogP contribution in [0.5, 0.6) is 0 Å². The summed E-state index contributed by atoms with van der Waals surface area (Å²) in [5, 5.41) is 2.85. The van der Waals surface area contributed by atoms with Crippen LogP contribution in [0.15, 0.2) is 0 Å². The number of alkyl halides is 2. The molecule has 0 saturated carbocycles. The quantitative estimate of drug-likeness (QED) is 0.733. The van der Waals surface area contributed by atoms with Gasteiger partial charge in [-0.3, -0.25) is 0 Å². The molecular weight excluding hydrogens is 176 g/mol. The first-order valence-corrected chi connectivity index (χ1v) is 4.79. The zero-order valence-corrected chi connectivity index (χ0v) is 7.93. The van der Waals surface area contributed by atoms with Crippen LogP contribution in [-0.2, 0) is 4.74 Å². The van der Waals surface area contributed by atoms with Crippen LogP contribution in [0, 0.1) is 5.92 Å². The highest BCUT2D eigenvalue weighted by Crippen LogP contribution is 2.18. The van der Waals surface area contributed by atoms with Crippen LogP contribution >= 0.6 is 0 Å². The third-order valence-corrected chi connectivity index (χ3v) is 2.57. The lowest BCUT2D eigenvalue weighted by Crippen LogP contribution is -2.38. The monoisotopic (exact) mass is 193 g/mol. The van der Waals surface area contributed by atoms with Gasteiger partial charge in [0.25, 0.3) is 6.43 Å². The summed E-state index contributed by atoms with van der Waals surface area (Å²) in [6.07, 6.45) is -0.281. The Bertz CT molecular complexity index is 138. The Morgan fingerprint density at radius 2 is 2.00 bits per heavy atom. The molecule has 1 atom stereocenters. The van der Waals surface area contributed by atoms with E-state index in [2.05, 4.69) is 5.32 Å². The summed E-state index contributed by atoms with van der Waals surface area (Å²) in [5.74, 6) is 0.493. The van der Waals surface area contributed by atoms with Crippen molar-refractivity contribution in [2.75, 3.05) is 19.8 Å². The zero-order valence-electron chi connectivity index (χ0n) is 7.93. The standard InChI is InChI=1S/C9H17F2NO/c1-7(12-6-9(10)11)8-2-4-13-5-3-8/h7-9,12H,2-6H2,1H3. The molecule has 0 radical (unpaired) electrons. The second kappa shape index (κ2) is 5.50. The normalized spacial score (nSPS) is 22.2. The predicted octanol–water partition coefficient (Wildman–Crippen LogP) is 1.66. The third kappa shape index (κ3) is 4.00. The molecule has 1 saturated heterocycles. The Balaban J connectivity index is 2.17. The first kappa shape index (κ1) is 10.9. The fraction of sp³-hybridized carbons (Fsp3) is 1.00. The van der Waals surface area contributed by atoms with Crippen molar-refractivity contribution in [3.8, 4) is 0 Å². The van der Waals surface area contributed by atoms with Crippen LogP contribution < -0.4 is 5.32 Å². The van der Waals surface area contributed by atoms with Crippen LogP contribution in [0.25, 0.3) is 0 Å². The van der Waals surface area contributed by atoms with Gasteiger partial charge in [0.2, 0.25) is 0 Å². The van der Waals surface area contributed by atoms with Crippen LogP contribution in [0.1, 0.15) is 19.8 Å². The maximum Gasteiger partial charge on any atom is 0.250 e. The highest BCUT2D eigenvalue weighted by molar-refractivity contribution is 4.74. The molecule has 1 fully saturated rings. The minimum atomic E-state index is -2.25. The molecule has 78 valence electrons. The molecule has 1 heterocycles. The van der Waals surface area contributed by atoms with E-state index in [1.54, 1.807) is 0 Å². The molecule has 0 bridgehead atoms. The fourth-order valence-electron chi connectivity index (χ4n) is 1.66. The Labute approximate surface area is 77.6 Å². The van der Waals surface area contributed by atoms with Crippen molar-refractivity contribution in [1.82, 2.24) is 5.32 Å². The second-order valence-electron chi connectivity index (χ2n) is 3.54. The van der Waals surface area contributed by atoms with E-state index in [1.165, 1.54) is 0 Å². The minimum absolute atomic E-state index is 0.179. The van der Waals surface area contributed by atoms with Gasteiger partial charge in [0.15, 0.2) is 0 Å². The molecule has 0 aromatic carbocycles. The Hall–Kier alpha value is -0.220.